The fourth-order valence-corrected chi connectivity index (χ4v) is 3.56. The minimum atomic E-state index is -0.138. The molecule has 5 nitrogen and oxygen atoms in total. The van der Waals surface area contributed by atoms with Crippen molar-refractivity contribution in [1.29, 1.82) is 0 Å². The minimum Gasteiger partial charge on any atom is -0.494 e. The van der Waals surface area contributed by atoms with Crippen LogP contribution in [0.4, 0.5) is 0 Å². The smallest absolute Gasteiger partial charge is 0.243 e. The predicted molar refractivity (Wildman–Crippen MR) is 127 cm³/mol. The molecule has 5 heteroatoms. The molecule has 1 heterocycles. The topological polar surface area (TPSA) is 56.2 Å². The molecule has 0 fully saturated rings. The molecule has 0 bridgehead atoms. The van der Waals surface area contributed by atoms with Crippen molar-refractivity contribution in [2.45, 2.75) is 52.0 Å². The van der Waals surface area contributed by atoms with Crippen molar-refractivity contribution in [2.24, 2.45) is 0 Å². The monoisotopic (exact) mass is 419 g/mol. The summed E-state index contributed by atoms with van der Waals surface area (Å²) in [7, 11) is 0. The summed E-state index contributed by atoms with van der Waals surface area (Å²) in [5.74, 6) is 1.81. The molecular formula is C26H33N3O2. The van der Waals surface area contributed by atoms with Crippen LogP contribution in [0.25, 0.3) is 11.0 Å². The van der Waals surface area contributed by atoms with Gasteiger partial charge in [0, 0.05) is 19.5 Å². The van der Waals surface area contributed by atoms with Gasteiger partial charge in [-0.25, -0.2) is 4.98 Å². The number of ether oxygens (including phenoxy) is 1. The zero-order valence-electron chi connectivity index (χ0n) is 18.9. The average Bonchev–Trinajstić information content (AvgIpc) is 3.11. The largest absolute Gasteiger partial charge is 0.494 e. The molecule has 0 radical (unpaired) electrons. The number of aryl methyl sites for hydroxylation is 2. The van der Waals surface area contributed by atoms with Crippen LogP contribution in [-0.2, 0) is 23.2 Å². The first-order chi connectivity index (χ1) is 14.9. The van der Waals surface area contributed by atoms with Gasteiger partial charge in [0.25, 0.3) is 0 Å². The van der Waals surface area contributed by atoms with Gasteiger partial charge in [0.05, 0.1) is 17.6 Å². The van der Waals surface area contributed by atoms with Gasteiger partial charge < -0.3 is 14.6 Å². The Morgan fingerprint density at radius 2 is 1.87 bits per heavy atom. The highest BCUT2D eigenvalue weighted by atomic mass is 16.5. The van der Waals surface area contributed by atoms with Gasteiger partial charge in [0.15, 0.2) is 0 Å². The average molecular weight is 420 g/mol. The molecule has 2 aromatic carbocycles. The lowest BCUT2D eigenvalue weighted by atomic mass is 9.87. The van der Waals surface area contributed by atoms with Crippen molar-refractivity contribution in [3.63, 3.8) is 0 Å². The van der Waals surface area contributed by atoms with E-state index in [1.165, 1.54) is 11.6 Å². The predicted octanol–water partition coefficient (Wildman–Crippen LogP) is 5.04. The maximum atomic E-state index is 11.3. The number of rotatable bonds is 10. The first-order valence-electron chi connectivity index (χ1n) is 11.0. The molecule has 0 aliphatic carbocycles. The second-order valence-corrected chi connectivity index (χ2v) is 8.74. The van der Waals surface area contributed by atoms with Crippen LogP contribution in [0.2, 0.25) is 0 Å². The quantitative estimate of drug-likeness (QED) is 0.370. The number of fused-ring (bicyclic) bond motifs is 1. The number of hydrogen-bond acceptors (Lipinski definition) is 3. The number of amides is 1. The lowest BCUT2D eigenvalue weighted by Crippen LogP contribution is -2.22. The maximum absolute atomic E-state index is 11.3. The normalized spacial score (nSPS) is 11.5. The van der Waals surface area contributed by atoms with Crippen molar-refractivity contribution >= 4 is 16.9 Å². The van der Waals surface area contributed by atoms with Crippen LogP contribution >= 0.6 is 0 Å². The Morgan fingerprint density at radius 1 is 1.13 bits per heavy atom. The zero-order chi connectivity index (χ0) is 22.3. The lowest BCUT2D eigenvalue weighted by molar-refractivity contribution is -0.116. The Labute approximate surface area is 185 Å². The fourth-order valence-electron chi connectivity index (χ4n) is 3.56. The summed E-state index contributed by atoms with van der Waals surface area (Å²) >= 11 is 0. The molecule has 0 saturated carbocycles. The van der Waals surface area contributed by atoms with Gasteiger partial charge >= 0.3 is 0 Å². The van der Waals surface area contributed by atoms with Crippen LogP contribution in [-0.4, -0.2) is 28.6 Å². The van der Waals surface area contributed by atoms with Gasteiger partial charge in [-0.05, 0) is 54.2 Å². The van der Waals surface area contributed by atoms with Gasteiger partial charge in [0.2, 0.25) is 5.91 Å². The summed E-state index contributed by atoms with van der Waals surface area (Å²) in [6, 6.07) is 16.6. The highest BCUT2D eigenvalue weighted by molar-refractivity contribution is 5.86. The highest BCUT2D eigenvalue weighted by Crippen LogP contribution is 2.24. The Morgan fingerprint density at radius 3 is 2.58 bits per heavy atom. The first kappa shape index (κ1) is 22.6. The van der Waals surface area contributed by atoms with E-state index in [1.807, 2.05) is 18.2 Å². The van der Waals surface area contributed by atoms with Crippen molar-refractivity contribution in [1.82, 2.24) is 14.9 Å². The van der Waals surface area contributed by atoms with Gasteiger partial charge in [-0.2, -0.15) is 0 Å². The molecule has 1 aromatic heterocycles. The van der Waals surface area contributed by atoms with Crippen LogP contribution in [0, 0.1) is 0 Å². The van der Waals surface area contributed by atoms with Gasteiger partial charge in [-0.15, -0.1) is 0 Å². The molecule has 0 spiro atoms. The Balaban J connectivity index is 1.57. The summed E-state index contributed by atoms with van der Waals surface area (Å²) in [5.41, 5.74) is 3.60. The van der Waals surface area contributed by atoms with Crippen molar-refractivity contribution in [3.05, 3.63) is 72.6 Å². The molecule has 1 N–H and O–H groups in total. The molecule has 0 atom stereocenters. The second kappa shape index (κ2) is 10.3. The molecule has 0 saturated heterocycles. The van der Waals surface area contributed by atoms with Crippen LogP contribution in [0.1, 0.15) is 45.0 Å². The number of benzene rings is 2. The zero-order valence-corrected chi connectivity index (χ0v) is 18.9. The third-order valence-corrected chi connectivity index (χ3v) is 5.31. The Hall–Kier alpha value is -3.08. The molecule has 164 valence electrons. The number of nitrogens with zero attached hydrogens (tertiary/aromatic N) is 2. The SMILES string of the molecule is C=CC(=O)NCCCc1nc2ccccc2n1CCCOc1ccc(C(C)(C)C)cc1. The molecule has 0 aliphatic rings. The van der Waals surface area contributed by atoms with Crippen molar-refractivity contribution in [3.8, 4) is 5.75 Å². The van der Waals surface area contributed by atoms with E-state index in [4.69, 9.17) is 9.72 Å². The number of imidazole rings is 1. The summed E-state index contributed by atoms with van der Waals surface area (Å²) in [6.45, 7) is 12.2. The van der Waals surface area contributed by atoms with E-state index in [9.17, 15) is 4.79 Å². The van der Waals surface area contributed by atoms with Crippen LogP contribution < -0.4 is 10.1 Å². The minimum absolute atomic E-state index is 0.138. The van der Waals surface area contributed by atoms with E-state index in [2.05, 4.69) is 67.6 Å². The van der Waals surface area contributed by atoms with Crippen LogP contribution in [0.5, 0.6) is 5.75 Å². The van der Waals surface area contributed by atoms with Gasteiger partial charge in [-0.1, -0.05) is 51.6 Å². The molecule has 0 unspecified atom stereocenters. The maximum Gasteiger partial charge on any atom is 0.243 e. The number of carbonyl (C=O) groups is 1. The standard InChI is InChI=1S/C26H33N3O2/c1-5-25(30)27-17-8-12-24-28-22-10-6-7-11-23(22)29(24)18-9-19-31-21-15-13-20(14-16-21)26(2,3)4/h5-7,10-11,13-16H,1,8-9,12,17-19H2,2-4H3,(H,27,30). The van der Waals surface area contributed by atoms with E-state index < -0.39 is 0 Å². The number of para-hydroxylation sites is 2. The summed E-state index contributed by atoms with van der Waals surface area (Å²) in [5, 5.41) is 2.83. The highest BCUT2D eigenvalue weighted by Gasteiger charge is 2.13. The van der Waals surface area contributed by atoms with Crippen molar-refractivity contribution < 1.29 is 9.53 Å². The van der Waals surface area contributed by atoms with Crippen LogP contribution in [0.3, 0.4) is 0 Å². The number of nitrogens with one attached hydrogen (secondary N) is 1. The van der Waals surface area contributed by atoms with Gasteiger partial charge in [0.1, 0.15) is 11.6 Å². The number of hydrogen-bond donors (Lipinski definition) is 1. The third-order valence-electron chi connectivity index (χ3n) is 5.31. The van der Waals surface area contributed by atoms with E-state index in [-0.39, 0.29) is 11.3 Å². The summed E-state index contributed by atoms with van der Waals surface area (Å²) < 4.78 is 8.25. The fraction of sp³-hybridized carbons (Fsp3) is 0.385. The molecule has 3 rings (SSSR count). The van der Waals surface area contributed by atoms with E-state index >= 15 is 0 Å². The third kappa shape index (κ3) is 6.20. The van der Waals surface area contributed by atoms with E-state index in [0.717, 1.165) is 48.4 Å². The van der Waals surface area contributed by atoms with E-state index in [1.54, 1.807) is 0 Å². The number of carbonyl (C=O) groups excluding carboxylic acids is 1. The lowest BCUT2D eigenvalue weighted by Gasteiger charge is -2.19. The Bertz CT molecular complexity index is 1010. The molecule has 1 amide bonds. The number of aromatic nitrogens is 2. The molecular weight excluding hydrogens is 386 g/mol. The molecule has 0 aliphatic heterocycles. The Kier molecular flexibility index (Phi) is 7.50. The molecule has 3 aromatic rings. The first-order valence-corrected chi connectivity index (χ1v) is 11.0. The summed E-state index contributed by atoms with van der Waals surface area (Å²) in [6.07, 6.45) is 3.83. The van der Waals surface area contributed by atoms with E-state index in [0.29, 0.717) is 13.2 Å². The van der Waals surface area contributed by atoms with Crippen LogP contribution in [0.15, 0.2) is 61.2 Å². The van der Waals surface area contributed by atoms with Gasteiger partial charge in [-0.3, -0.25) is 4.79 Å². The van der Waals surface area contributed by atoms with Crippen molar-refractivity contribution in [2.75, 3.05) is 13.2 Å². The second-order valence-electron chi connectivity index (χ2n) is 8.74. The summed E-state index contributed by atoms with van der Waals surface area (Å²) in [4.78, 5) is 16.1. The molecule has 31 heavy (non-hydrogen) atoms.